The second-order valence-corrected chi connectivity index (χ2v) is 6.23. The maximum absolute atomic E-state index is 11.5. The first-order valence-corrected chi connectivity index (χ1v) is 8.13. The molecule has 0 saturated carbocycles. The molecule has 1 aromatic carbocycles. The molecule has 0 saturated heterocycles. The Bertz CT molecular complexity index is 631. The largest absolute Gasteiger partial charge is 0.276 e. The van der Waals surface area contributed by atoms with Gasteiger partial charge in [0.1, 0.15) is 10.7 Å². The minimum atomic E-state index is -2.56. The zero-order valence-electron chi connectivity index (χ0n) is 12.1. The van der Waals surface area contributed by atoms with E-state index in [9.17, 15) is 13.2 Å². The van der Waals surface area contributed by atoms with E-state index in [4.69, 9.17) is 11.6 Å². The number of carbonyl (C=O) groups excluding carboxylic acids is 1. The van der Waals surface area contributed by atoms with Gasteiger partial charge in [-0.1, -0.05) is 18.6 Å². The number of rotatable bonds is 5. The third-order valence-electron chi connectivity index (χ3n) is 3.38. The molecule has 0 N–H and O–H groups in total. The number of allylic oxidation sites excluding steroid dienone is 2. The maximum Gasteiger partial charge on any atom is 0.252 e. The van der Waals surface area contributed by atoms with E-state index in [1.165, 1.54) is 0 Å². The van der Waals surface area contributed by atoms with Crippen LogP contribution >= 0.6 is 11.6 Å². The number of benzene rings is 1. The van der Waals surface area contributed by atoms with E-state index in [-0.39, 0.29) is 5.75 Å². The summed E-state index contributed by atoms with van der Waals surface area (Å²) in [6.07, 6.45) is 0.667. The smallest absolute Gasteiger partial charge is 0.252 e. The van der Waals surface area contributed by atoms with Crippen molar-refractivity contribution in [2.24, 2.45) is 0 Å². The molecule has 0 bridgehead atoms. The van der Waals surface area contributed by atoms with E-state index in [0.717, 1.165) is 22.3 Å². The third-order valence-corrected chi connectivity index (χ3v) is 4.18. The van der Waals surface area contributed by atoms with Gasteiger partial charge < -0.3 is 0 Å². The summed E-state index contributed by atoms with van der Waals surface area (Å²) in [7, 11) is -2.56. The molecule has 1 rings (SSSR count). The standard InChI is InChI=1S/C15H19ClO3S/c1-5-11-6-13(10(4)9(2)3)12(8-20(18)19)7-14(11)15(16)17/h6-7,20H,5,8H2,1-4H3. The van der Waals surface area contributed by atoms with Crippen molar-refractivity contribution in [3.63, 3.8) is 0 Å². The van der Waals surface area contributed by atoms with Crippen molar-refractivity contribution in [1.29, 1.82) is 0 Å². The molecule has 20 heavy (non-hydrogen) atoms. The Morgan fingerprint density at radius 3 is 2.05 bits per heavy atom. The van der Waals surface area contributed by atoms with Gasteiger partial charge in [0.25, 0.3) is 5.24 Å². The topological polar surface area (TPSA) is 51.2 Å². The second kappa shape index (κ2) is 7.04. The first kappa shape index (κ1) is 16.9. The molecule has 0 unspecified atom stereocenters. The fourth-order valence-corrected chi connectivity index (χ4v) is 2.77. The molecule has 0 heterocycles. The number of halogens is 1. The van der Waals surface area contributed by atoms with Crippen LogP contribution in [0.5, 0.6) is 0 Å². The lowest BCUT2D eigenvalue weighted by Gasteiger charge is -2.14. The number of hydrogen-bond donors (Lipinski definition) is 1. The molecule has 0 atom stereocenters. The van der Waals surface area contributed by atoms with Gasteiger partial charge in [-0.15, -0.1) is 0 Å². The highest BCUT2D eigenvalue weighted by Gasteiger charge is 2.15. The fourth-order valence-electron chi connectivity index (χ4n) is 2.05. The first-order chi connectivity index (χ1) is 9.27. The minimum absolute atomic E-state index is 0.0869. The van der Waals surface area contributed by atoms with E-state index in [0.29, 0.717) is 17.5 Å². The van der Waals surface area contributed by atoms with Crippen LogP contribution in [0.3, 0.4) is 0 Å². The molecule has 0 fully saturated rings. The maximum atomic E-state index is 11.5. The van der Waals surface area contributed by atoms with Crippen molar-refractivity contribution in [1.82, 2.24) is 0 Å². The molecule has 0 aliphatic carbocycles. The van der Waals surface area contributed by atoms with E-state index < -0.39 is 15.9 Å². The molecule has 0 aliphatic heterocycles. The van der Waals surface area contributed by atoms with Crippen molar-refractivity contribution < 1.29 is 13.2 Å². The summed E-state index contributed by atoms with van der Waals surface area (Å²) < 4.78 is 22.1. The first-order valence-electron chi connectivity index (χ1n) is 6.39. The molecule has 0 radical (unpaired) electrons. The molecule has 0 aliphatic rings. The highest BCUT2D eigenvalue weighted by Crippen LogP contribution is 2.27. The summed E-state index contributed by atoms with van der Waals surface area (Å²) >= 11 is 5.59. The highest BCUT2D eigenvalue weighted by atomic mass is 35.5. The highest BCUT2D eigenvalue weighted by molar-refractivity contribution is 7.71. The average Bonchev–Trinajstić information content (AvgIpc) is 2.36. The summed E-state index contributed by atoms with van der Waals surface area (Å²) in [6, 6.07) is 3.49. The van der Waals surface area contributed by atoms with Crippen molar-refractivity contribution in [2.75, 3.05) is 0 Å². The predicted octanol–water partition coefficient (Wildman–Crippen LogP) is 3.55. The molecule has 0 amide bonds. The van der Waals surface area contributed by atoms with Gasteiger partial charge in [0.05, 0.1) is 5.75 Å². The predicted molar refractivity (Wildman–Crippen MR) is 84.0 cm³/mol. The summed E-state index contributed by atoms with van der Waals surface area (Å²) in [4.78, 5) is 11.5. The van der Waals surface area contributed by atoms with Gasteiger partial charge in [0.2, 0.25) is 0 Å². The second-order valence-electron chi connectivity index (χ2n) is 4.91. The SMILES string of the molecule is CCc1cc(C(C)=C(C)C)c(C[SH](=O)=O)cc1C(=O)Cl. The van der Waals surface area contributed by atoms with E-state index in [2.05, 4.69) is 0 Å². The molecule has 3 nitrogen and oxygen atoms in total. The van der Waals surface area contributed by atoms with Crippen LogP contribution in [0.25, 0.3) is 5.57 Å². The molecule has 110 valence electrons. The number of thiol groups is 1. The van der Waals surface area contributed by atoms with Crippen LogP contribution in [0.1, 0.15) is 54.7 Å². The van der Waals surface area contributed by atoms with Gasteiger partial charge in [-0.3, -0.25) is 4.79 Å². The summed E-state index contributed by atoms with van der Waals surface area (Å²) in [5, 5.41) is -0.550. The molecular weight excluding hydrogens is 296 g/mol. The van der Waals surface area contributed by atoms with Crippen molar-refractivity contribution in [3.8, 4) is 0 Å². The lowest BCUT2D eigenvalue weighted by molar-refractivity contribution is 0.108. The van der Waals surface area contributed by atoms with Crippen LogP contribution in [0.4, 0.5) is 0 Å². The summed E-state index contributed by atoms with van der Waals surface area (Å²) in [5.74, 6) is -0.0869. The van der Waals surface area contributed by atoms with Gasteiger partial charge in [-0.25, -0.2) is 8.42 Å². The summed E-state index contributed by atoms with van der Waals surface area (Å²) in [5.41, 5.74) is 4.88. The summed E-state index contributed by atoms with van der Waals surface area (Å²) in [6.45, 7) is 7.84. The third kappa shape index (κ3) is 3.93. The lowest BCUT2D eigenvalue weighted by atomic mass is 9.92. The molecule has 1 aromatic rings. The average molecular weight is 315 g/mol. The Morgan fingerprint density at radius 1 is 1.10 bits per heavy atom. The van der Waals surface area contributed by atoms with Gasteiger partial charge in [0, 0.05) is 5.56 Å². The van der Waals surface area contributed by atoms with Gasteiger partial charge in [-0.05, 0) is 67.1 Å². The van der Waals surface area contributed by atoms with Crippen LogP contribution in [-0.2, 0) is 22.9 Å². The van der Waals surface area contributed by atoms with Crippen molar-refractivity contribution in [2.45, 2.75) is 39.9 Å². The molecular formula is C15H19ClO3S. The fraction of sp³-hybridized carbons (Fsp3) is 0.400. The lowest BCUT2D eigenvalue weighted by Crippen LogP contribution is -2.04. The van der Waals surface area contributed by atoms with Gasteiger partial charge in [-0.2, -0.15) is 0 Å². The quantitative estimate of drug-likeness (QED) is 0.668. The molecule has 0 aromatic heterocycles. The Kier molecular flexibility index (Phi) is 5.96. The van der Waals surface area contributed by atoms with E-state index >= 15 is 0 Å². The van der Waals surface area contributed by atoms with Crippen LogP contribution in [0.15, 0.2) is 17.7 Å². The Balaban J connectivity index is 3.63. The Hall–Kier alpha value is -1.13. The Labute approximate surface area is 126 Å². The number of carbonyl (C=O) groups is 1. The zero-order valence-corrected chi connectivity index (χ0v) is 13.8. The normalized spacial score (nSPS) is 10.7. The molecule has 5 heteroatoms. The van der Waals surface area contributed by atoms with Crippen LogP contribution < -0.4 is 0 Å². The zero-order chi connectivity index (χ0) is 15.4. The van der Waals surface area contributed by atoms with Gasteiger partial charge >= 0.3 is 0 Å². The van der Waals surface area contributed by atoms with Gasteiger partial charge in [0.15, 0.2) is 0 Å². The van der Waals surface area contributed by atoms with Crippen LogP contribution in [0, 0.1) is 0 Å². The number of aryl methyl sites for hydroxylation is 1. The van der Waals surface area contributed by atoms with E-state index in [1.807, 2.05) is 33.8 Å². The monoisotopic (exact) mass is 314 g/mol. The van der Waals surface area contributed by atoms with Crippen LogP contribution in [-0.4, -0.2) is 13.7 Å². The minimum Gasteiger partial charge on any atom is -0.276 e. The Morgan fingerprint density at radius 2 is 1.65 bits per heavy atom. The molecule has 0 spiro atoms. The van der Waals surface area contributed by atoms with E-state index in [1.54, 1.807) is 6.07 Å². The van der Waals surface area contributed by atoms with Crippen molar-refractivity contribution in [3.05, 3.63) is 40.0 Å². The van der Waals surface area contributed by atoms with Crippen molar-refractivity contribution >= 4 is 33.1 Å². The van der Waals surface area contributed by atoms with Crippen LogP contribution in [0.2, 0.25) is 0 Å². The number of hydrogen-bond acceptors (Lipinski definition) is 3.